The minimum atomic E-state index is 0.601. The Balaban J connectivity index is 0.000000249. The van der Waals surface area contributed by atoms with Gasteiger partial charge in [0.15, 0.2) is 11.5 Å². The second-order valence-corrected chi connectivity index (χ2v) is 6.43. The van der Waals surface area contributed by atoms with Gasteiger partial charge in [-0.15, -0.1) is 0 Å². The molecule has 0 aromatic heterocycles. The molecule has 0 unspecified atom stereocenters. The van der Waals surface area contributed by atoms with Gasteiger partial charge in [-0.05, 0) is 30.3 Å². The molecule has 3 aromatic rings. The maximum absolute atomic E-state index is 5.13. The van der Waals surface area contributed by atoms with Gasteiger partial charge in [-0.2, -0.15) is 0 Å². The third-order valence-corrected chi connectivity index (χ3v) is 4.44. The van der Waals surface area contributed by atoms with E-state index in [9.17, 15) is 0 Å². The highest BCUT2D eigenvalue weighted by atomic mass is 16.5. The molecule has 0 saturated heterocycles. The predicted molar refractivity (Wildman–Crippen MR) is 132 cm³/mol. The fourth-order valence-electron chi connectivity index (χ4n) is 2.75. The maximum Gasteiger partial charge on any atom is 0.160 e. The summed E-state index contributed by atoms with van der Waals surface area (Å²) in [5, 5.41) is 0. The van der Waals surface area contributed by atoms with Gasteiger partial charge in [0.1, 0.15) is 17.3 Å². The molecule has 3 aromatic carbocycles. The van der Waals surface area contributed by atoms with Crippen LogP contribution >= 0.6 is 0 Å². The number of methoxy groups -OCH3 is 6. The first-order valence-corrected chi connectivity index (χ1v) is 10.2. The number of hydrogen-bond acceptors (Lipinski definition) is 6. The van der Waals surface area contributed by atoms with Gasteiger partial charge in [-0.1, -0.05) is 49.0 Å². The lowest BCUT2D eigenvalue weighted by Crippen LogP contribution is -1.92. The van der Waals surface area contributed by atoms with Crippen molar-refractivity contribution in [3.63, 3.8) is 0 Å². The number of hydrogen-bond donors (Lipinski definition) is 0. The summed E-state index contributed by atoms with van der Waals surface area (Å²) in [7, 11) is 9.80. The monoisotopic (exact) mass is 454 g/mol. The van der Waals surface area contributed by atoms with Crippen molar-refractivity contribution in [2.45, 2.75) is 6.61 Å². The van der Waals surface area contributed by atoms with Crippen LogP contribution < -0.4 is 18.9 Å². The molecule has 6 nitrogen and oxygen atoms in total. The normalized spacial score (nSPS) is 9.27. The Labute approximate surface area is 197 Å². The number of ether oxygens (including phenoxy) is 6. The zero-order valence-corrected chi connectivity index (χ0v) is 20.3. The minimum absolute atomic E-state index is 0.601. The molecule has 33 heavy (non-hydrogen) atoms. The van der Waals surface area contributed by atoms with Gasteiger partial charge >= 0.3 is 0 Å². The van der Waals surface area contributed by atoms with E-state index in [0.29, 0.717) is 12.4 Å². The van der Waals surface area contributed by atoms with E-state index in [1.807, 2.05) is 72.8 Å². The highest BCUT2D eigenvalue weighted by molar-refractivity contribution is 5.63. The molecule has 0 saturated carbocycles. The SMILES string of the molecule is C=C(OC)c1ccccc1OC.COCc1ccccc1OC.COc1ccccc1OC. The summed E-state index contributed by atoms with van der Waals surface area (Å²) < 4.78 is 30.3. The Hall–Kier alpha value is -3.64. The Kier molecular flexibility index (Phi) is 13.3. The fourth-order valence-corrected chi connectivity index (χ4v) is 2.75. The van der Waals surface area contributed by atoms with Crippen molar-refractivity contribution in [3.8, 4) is 23.0 Å². The van der Waals surface area contributed by atoms with Crippen molar-refractivity contribution in [1.29, 1.82) is 0 Å². The van der Waals surface area contributed by atoms with Crippen LogP contribution in [0, 0.1) is 0 Å². The van der Waals surface area contributed by atoms with Crippen molar-refractivity contribution < 1.29 is 28.4 Å². The van der Waals surface area contributed by atoms with Crippen LogP contribution in [0.25, 0.3) is 5.76 Å². The van der Waals surface area contributed by atoms with E-state index < -0.39 is 0 Å². The molecule has 0 atom stereocenters. The Bertz CT molecular complexity index is 932. The zero-order chi connectivity index (χ0) is 24.5. The van der Waals surface area contributed by atoms with E-state index in [1.165, 1.54) is 0 Å². The molecule has 0 spiro atoms. The summed E-state index contributed by atoms with van der Waals surface area (Å²) in [6.07, 6.45) is 0. The van der Waals surface area contributed by atoms with Gasteiger partial charge in [-0.25, -0.2) is 0 Å². The van der Waals surface area contributed by atoms with E-state index in [-0.39, 0.29) is 0 Å². The van der Waals surface area contributed by atoms with E-state index in [4.69, 9.17) is 28.4 Å². The largest absolute Gasteiger partial charge is 0.497 e. The molecule has 0 bridgehead atoms. The quantitative estimate of drug-likeness (QED) is 0.398. The molecule has 3 rings (SSSR count). The van der Waals surface area contributed by atoms with Crippen molar-refractivity contribution in [2.75, 3.05) is 42.7 Å². The van der Waals surface area contributed by atoms with E-state index >= 15 is 0 Å². The average Bonchev–Trinajstić information content (AvgIpc) is 2.89. The molecule has 0 fully saturated rings. The highest BCUT2D eigenvalue weighted by Gasteiger charge is 2.04. The molecular formula is C27H34O6. The second kappa shape index (κ2) is 16.1. The average molecular weight is 455 g/mol. The lowest BCUT2D eigenvalue weighted by Gasteiger charge is -2.08. The molecule has 0 aliphatic carbocycles. The van der Waals surface area contributed by atoms with E-state index in [2.05, 4.69) is 6.58 Å². The molecule has 178 valence electrons. The van der Waals surface area contributed by atoms with Crippen LogP contribution in [0.2, 0.25) is 0 Å². The van der Waals surface area contributed by atoms with Crippen LogP contribution in [-0.2, 0) is 16.1 Å². The molecule has 0 aliphatic heterocycles. The summed E-state index contributed by atoms with van der Waals surface area (Å²) in [6, 6.07) is 23.0. The third kappa shape index (κ3) is 9.17. The first-order valence-electron chi connectivity index (χ1n) is 10.2. The van der Waals surface area contributed by atoms with Crippen molar-refractivity contribution in [1.82, 2.24) is 0 Å². The third-order valence-electron chi connectivity index (χ3n) is 4.44. The smallest absolute Gasteiger partial charge is 0.160 e. The predicted octanol–water partition coefficient (Wildman–Crippen LogP) is 5.86. The molecule has 0 heterocycles. The Morgan fingerprint density at radius 2 is 1.00 bits per heavy atom. The van der Waals surface area contributed by atoms with Crippen LogP contribution in [0.15, 0.2) is 79.4 Å². The van der Waals surface area contributed by atoms with Gasteiger partial charge < -0.3 is 28.4 Å². The van der Waals surface area contributed by atoms with Gasteiger partial charge in [-0.3, -0.25) is 0 Å². The summed E-state index contributed by atoms with van der Waals surface area (Å²) in [4.78, 5) is 0. The molecular weight excluding hydrogens is 420 g/mol. The molecule has 0 amide bonds. The van der Waals surface area contributed by atoms with Gasteiger partial charge in [0, 0.05) is 12.7 Å². The van der Waals surface area contributed by atoms with Crippen molar-refractivity contribution in [2.24, 2.45) is 0 Å². The lowest BCUT2D eigenvalue weighted by atomic mass is 10.2. The summed E-state index contributed by atoms with van der Waals surface area (Å²) in [5.41, 5.74) is 1.97. The summed E-state index contributed by atoms with van der Waals surface area (Å²) >= 11 is 0. The Morgan fingerprint density at radius 1 is 0.576 bits per heavy atom. The van der Waals surface area contributed by atoms with E-state index in [1.54, 1.807) is 42.7 Å². The van der Waals surface area contributed by atoms with Gasteiger partial charge in [0.05, 0.1) is 47.7 Å². The minimum Gasteiger partial charge on any atom is -0.497 e. The number of benzene rings is 3. The van der Waals surface area contributed by atoms with Crippen molar-refractivity contribution in [3.05, 3.63) is 90.5 Å². The van der Waals surface area contributed by atoms with Crippen molar-refractivity contribution >= 4 is 5.76 Å². The summed E-state index contributed by atoms with van der Waals surface area (Å²) in [5.74, 6) is 3.82. The first kappa shape index (κ1) is 27.4. The maximum atomic E-state index is 5.13. The van der Waals surface area contributed by atoms with Gasteiger partial charge in [0.2, 0.25) is 0 Å². The second-order valence-electron chi connectivity index (χ2n) is 6.43. The van der Waals surface area contributed by atoms with E-state index in [0.717, 1.165) is 34.1 Å². The lowest BCUT2D eigenvalue weighted by molar-refractivity contribution is 0.181. The van der Waals surface area contributed by atoms with Gasteiger partial charge in [0.25, 0.3) is 0 Å². The van der Waals surface area contributed by atoms with Crippen LogP contribution in [0.4, 0.5) is 0 Å². The highest BCUT2D eigenvalue weighted by Crippen LogP contribution is 2.25. The number of para-hydroxylation sites is 4. The van der Waals surface area contributed by atoms with Crippen LogP contribution in [-0.4, -0.2) is 42.7 Å². The van der Waals surface area contributed by atoms with Crippen LogP contribution in [0.1, 0.15) is 11.1 Å². The zero-order valence-electron chi connectivity index (χ0n) is 20.3. The molecule has 0 aliphatic rings. The van der Waals surface area contributed by atoms with Crippen LogP contribution in [0.3, 0.4) is 0 Å². The molecule has 0 radical (unpaired) electrons. The number of rotatable bonds is 8. The summed E-state index contributed by atoms with van der Waals surface area (Å²) in [6.45, 7) is 4.35. The Morgan fingerprint density at radius 3 is 1.45 bits per heavy atom. The first-order chi connectivity index (χ1) is 16.1. The fraction of sp³-hybridized carbons (Fsp3) is 0.259. The molecule has 6 heteroatoms. The van der Waals surface area contributed by atoms with Crippen LogP contribution in [0.5, 0.6) is 23.0 Å². The molecule has 0 N–H and O–H groups in total. The topological polar surface area (TPSA) is 55.4 Å². The standard InChI is InChI=1S/C10H12O2.C9H12O2.C8H10O2/c1-8(11-2)9-6-4-5-7-10(9)12-3;1-10-7-8-5-3-4-6-9(8)11-2;1-9-7-5-3-4-6-8(7)10-2/h4-7H,1H2,2-3H3;3-6H,7H2,1-2H3;3-6H,1-2H3.